The molecule has 0 rings (SSSR count). The largest absolute Gasteiger partial charge is 0.478 e. The molecule has 0 spiro atoms. The molecule has 0 unspecified atom stereocenters. The van der Waals surface area contributed by atoms with Gasteiger partial charge >= 0.3 is 5.97 Å². The molecule has 0 aromatic rings. The monoisotopic (exact) mass is 244 g/mol. The van der Waals surface area contributed by atoms with E-state index in [0.29, 0.717) is 0 Å². The average Bonchev–Trinajstić information content (AvgIpc) is 2.24. The molecule has 0 radical (unpaired) electrons. The number of hydrogen-bond acceptors (Lipinski definition) is 2. The number of carboxylic acids is 1. The normalized spacial score (nSPS) is 13.3. The zero-order valence-corrected chi connectivity index (χ0v) is 12.0. The van der Waals surface area contributed by atoms with Gasteiger partial charge in [0.05, 0.1) is 5.60 Å². The maximum atomic E-state index is 10.5. The minimum atomic E-state index is -1.67. The molecular formula is C12H24O3Si. The van der Waals surface area contributed by atoms with Gasteiger partial charge in [0.1, 0.15) is 0 Å². The summed E-state index contributed by atoms with van der Waals surface area (Å²) in [5, 5.41) is 8.62. The zero-order valence-electron chi connectivity index (χ0n) is 11.0. The second-order valence-corrected chi connectivity index (χ2v) is 9.31. The van der Waals surface area contributed by atoms with Crippen LogP contribution in [-0.2, 0) is 9.22 Å². The summed E-state index contributed by atoms with van der Waals surface area (Å²) in [6, 6.07) is 3.22. The van der Waals surface area contributed by atoms with Crippen molar-refractivity contribution in [2.45, 2.75) is 58.4 Å². The summed E-state index contributed by atoms with van der Waals surface area (Å²) in [4.78, 5) is 10.5. The predicted octanol–water partition coefficient (Wildman–Crippen LogP) is 3.43. The van der Waals surface area contributed by atoms with Crippen LogP contribution in [0.4, 0.5) is 0 Å². The van der Waals surface area contributed by atoms with Gasteiger partial charge in [-0.05, 0) is 38.1 Å². The molecule has 0 bridgehead atoms. The smallest absolute Gasteiger partial charge is 0.328 e. The minimum absolute atomic E-state index is 0.480. The van der Waals surface area contributed by atoms with Crippen molar-refractivity contribution in [2.75, 3.05) is 0 Å². The lowest BCUT2D eigenvalue weighted by Crippen LogP contribution is -2.43. The van der Waals surface area contributed by atoms with Crippen molar-refractivity contribution in [3.63, 3.8) is 0 Å². The highest BCUT2D eigenvalue weighted by Gasteiger charge is 2.34. The van der Waals surface area contributed by atoms with Gasteiger partial charge < -0.3 is 9.53 Å². The van der Waals surface area contributed by atoms with Crippen molar-refractivity contribution in [3.8, 4) is 0 Å². The van der Waals surface area contributed by atoms with Crippen LogP contribution in [0.15, 0.2) is 12.2 Å². The van der Waals surface area contributed by atoms with Gasteiger partial charge in [-0.25, -0.2) is 4.79 Å². The fourth-order valence-electron chi connectivity index (χ4n) is 1.83. The lowest BCUT2D eigenvalue weighted by atomic mass is 10.1. The van der Waals surface area contributed by atoms with E-state index in [2.05, 4.69) is 20.8 Å². The molecule has 0 atom stereocenters. The van der Waals surface area contributed by atoms with Crippen molar-refractivity contribution < 1.29 is 14.3 Å². The zero-order chi connectivity index (χ0) is 12.8. The summed E-state index contributed by atoms with van der Waals surface area (Å²) < 4.78 is 6.21. The highest BCUT2D eigenvalue weighted by atomic mass is 28.4. The molecule has 1 N–H and O–H groups in total. The van der Waals surface area contributed by atoms with Crippen molar-refractivity contribution in [1.29, 1.82) is 0 Å². The van der Waals surface area contributed by atoms with Gasteiger partial charge in [0, 0.05) is 6.08 Å². The van der Waals surface area contributed by atoms with Crippen LogP contribution < -0.4 is 0 Å². The molecule has 0 fully saturated rings. The molecule has 0 saturated carbocycles. The molecule has 0 aromatic heterocycles. The Morgan fingerprint density at radius 1 is 1.25 bits per heavy atom. The molecule has 4 heteroatoms. The van der Waals surface area contributed by atoms with Crippen LogP contribution in [0.1, 0.15) is 34.6 Å². The van der Waals surface area contributed by atoms with Crippen LogP contribution in [0.3, 0.4) is 0 Å². The first-order valence-electron chi connectivity index (χ1n) is 5.93. The van der Waals surface area contributed by atoms with Gasteiger partial charge in [0.2, 0.25) is 0 Å². The van der Waals surface area contributed by atoms with E-state index < -0.39 is 19.9 Å². The summed E-state index contributed by atoms with van der Waals surface area (Å²) in [7, 11) is -1.67. The van der Waals surface area contributed by atoms with E-state index in [1.165, 1.54) is 6.08 Å². The lowest BCUT2D eigenvalue weighted by molar-refractivity contribution is -0.131. The van der Waals surface area contributed by atoms with E-state index in [0.717, 1.165) is 18.1 Å². The SMILES string of the molecule is CC[Si](CC)(CC)OC(C)(C)C=CC(=O)O. The van der Waals surface area contributed by atoms with E-state index in [9.17, 15) is 4.79 Å². The van der Waals surface area contributed by atoms with Crippen LogP contribution in [-0.4, -0.2) is 25.0 Å². The number of hydrogen-bond donors (Lipinski definition) is 1. The van der Waals surface area contributed by atoms with Gasteiger partial charge in [0.15, 0.2) is 8.32 Å². The first-order valence-corrected chi connectivity index (χ1v) is 8.46. The van der Waals surface area contributed by atoms with Crippen molar-refractivity contribution >= 4 is 14.3 Å². The number of carbonyl (C=O) groups is 1. The van der Waals surface area contributed by atoms with E-state index in [1.807, 2.05) is 13.8 Å². The Balaban J connectivity index is 4.71. The quantitative estimate of drug-likeness (QED) is 0.551. The Morgan fingerprint density at radius 2 is 1.69 bits per heavy atom. The summed E-state index contributed by atoms with van der Waals surface area (Å²) in [5.74, 6) is -0.923. The van der Waals surface area contributed by atoms with E-state index in [4.69, 9.17) is 9.53 Å². The van der Waals surface area contributed by atoms with E-state index >= 15 is 0 Å². The summed E-state index contributed by atoms with van der Waals surface area (Å²) in [6.07, 6.45) is 2.80. The molecule has 94 valence electrons. The molecule has 0 aromatic carbocycles. The number of carboxylic acid groups (broad SMARTS) is 1. The number of aliphatic carboxylic acids is 1. The molecule has 0 aliphatic carbocycles. The molecule has 0 heterocycles. The second kappa shape index (κ2) is 6.20. The fourth-order valence-corrected chi connectivity index (χ4v) is 4.95. The first-order chi connectivity index (χ1) is 7.31. The van der Waals surface area contributed by atoms with Crippen LogP contribution in [0.25, 0.3) is 0 Å². The van der Waals surface area contributed by atoms with Crippen LogP contribution in [0, 0.1) is 0 Å². The molecule has 0 aliphatic heterocycles. The second-order valence-electron chi connectivity index (χ2n) is 4.62. The average molecular weight is 244 g/mol. The maximum absolute atomic E-state index is 10.5. The standard InChI is InChI=1S/C12H24O3Si/c1-6-16(7-2,8-3)15-12(4,5)10-9-11(13)14/h9-10H,6-8H2,1-5H3,(H,13,14). The van der Waals surface area contributed by atoms with E-state index in [-0.39, 0.29) is 0 Å². The van der Waals surface area contributed by atoms with Crippen LogP contribution in [0.5, 0.6) is 0 Å². The Labute approximate surface area is 99.6 Å². The Morgan fingerprint density at radius 3 is 2.00 bits per heavy atom. The third-order valence-corrected chi connectivity index (χ3v) is 7.86. The number of rotatable bonds is 7. The van der Waals surface area contributed by atoms with Gasteiger partial charge in [0.25, 0.3) is 0 Å². The Hall–Kier alpha value is -0.613. The molecule has 0 amide bonds. The van der Waals surface area contributed by atoms with Gasteiger partial charge in [-0.15, -0.1) is 0 Å². The van der Waals surface area contributed by atoms with E-state index in [1.54, 1.807) is 6.08 Å². The Bertz CT molecular complexity index is 247. The van der Waals surface area contributed by atoms with Gasteiger partial charge in [-0.3, -0.25) is 0 Å². The topological polar surface area (TPSA) is 46.5 Å². The van der Waals surface area contributed by atoms with Crippen LogP contribution in [0.2, 0.25) is 18.1 Å². The molecule has 0 saturated heterocycles. The fraction of sp³-hybridized carbons (Fsp3) is 0.750. The van der Waals surface area contributed by atoms with Gasteiger partial charge in [-0.1, -0.05) is 20.8 Å². The lowest BCUT2D eigenvalue weighted by Gasteiger charge is -2.36. The molecule has 0 aliphatic rings. The predicted molar refractivity (Wildman–Crippen MR) is 69.1 cm³/mol. The molecule has 3 nitrogen and oxygen atoms in total. The molecular weight excluding hydrogens is 220 g/mol. The summed E-state index contributed by atoms with van der Waals surface area (Å²) >= 11 is 0. The third kappa shape index (κ3) is 4.94. The molecule has 16 heavy (non-hydrogen) atoms. The Kier molecular flexibility index (Phi) is 5.97. The highest BCUT2D eigenvalue weighted by molar-refractivity contribution is 6.73. The van der Waals surface area contributed by atoms with Crippen molar-refractivity contribution in [1.82, 2.24) is 0 Å². The van der Waals surface area contributed by atoms with Gasteiger partial charge in [-0.2, -0.15) is 0 Å². The third-order valence-electron chi connectivity index (χ3n) is 3.04. The highest BCUT2D eigenvalue weighted by Crippen LogP contribution is 2.28. The first kappa shape index (κ1) is 15.4. The van der Waals surface area contributed by atoms with Crippen LogP contribution >= 0.6 is 0 Å². The maximum Gasteiger partial charge on any atom is 0.328 e. The minimum Gasteiger partial charge on any atom is -0.478 e. The van der Waals surface area contributed by atoms with Crippen molar-refractivity contribution in [2.24, 2.45) is 0 Å². The van der Waals surface area contributed by atoms with Crippen molar-refractivity contribution in [3.05, 3.63) is 12.2 Å². The summed E-state index contributed by atoms with van der Waals surface area (Å²) in [5.41, 5.74) is -0.480. The summed E-state index contributed by atoms with van der Waals surface area (Å²) in [6.45, 7) is 10.3.